The zero-order chi connectivity index (χ0) is 19.6. The monoisotopic (exact) mass is 383 g/mol. The molecule has 0 unspecified atom stereocenters. The van der Waals surface area contributed by atoms with E-state index in [1.807, 2.05) is 0 Å². The lowest BCUT2D eigenvalue weighted by Crippen LogP contribution is -2.29. The summed E-state index contributed by atoms with van der Waals surface area (Å²) in [5, 5.41) is -0.0475. The largest absolute Gasteiger partial charge is 0.462 e. The second kappa shape index (κ2) is 7.76. The lowest BCUT2D eigenvalue weighted by atomic mass is 9.89. The Bertz CT molecular complexity index is 947. The summed E-state index contributed by atoms with van der Waals surface area (Å²) in [5.41, 5.74) is 2.19. The Labute approximate surface area is 162 Å². The lowest BCUT2D eigenvalue weighted by Gasteiger charge is -2.24. The van der Waals surface area contributed by atoms with Gasteiger partial charge in [0.15, 0.2) is 5.78 Å². The van der Waals surface area contributed by atoms with E-state index in [-0.39, 0.29) is 34.7 Å². The number of benzene rings is 2. The fraction of sp³-hybridized carbons (Fsp3) is 0.190. The summed E-state index contributed by atoms with van der Waals surface area (Å²) in [7, 11) is 1.79. The summed E-state index contributed by atoms with van der Waals surface area (Å²) in [6, 6.07) is 13.5. The van der Waals surface area contributed by atoms with Crippen molar-refractivity contribution in [2.45, 2.75) is 6.92 Å². The molecule has 3 rings (SSSR count). The molecule has 0 amide bonds. The second-order valence-corrected chi connectivity index (χ2v) is 6.50. The third-order valence-corrected chi connectivity index (χ3v) is 4.77. The topological polar surface area (TPSA) is 63.7 Å². The standard InChI is InChI=1S/C21H18ClNO4/c1-3-27-21(26)13-8-10-14(11-9-13)23(2)12-17-18(22)20(25)16-7-5-4-6-15(16)19(17)24/h4-11H,3,12H2,1-2H3. The van der Waals surface area contributed by atoms with Crippen LogP contribution in [0.25, 0.3) is 0 Å². The Morgan fingerprint density at radius 1 is 1.00 bits per heavy atom. The molecule has 1 aliphatic rings. The minimum atomic E-state index is -0.387. The summed E-state index contributed by atoms with van der Waals surface area (Å²) < 4.78 is 4.96. The van der Waals surface area contributed by atoms with Gasteiger partial charge in [0.25, 0.3) is 0 Å². The van der Waals surface area contributed by atoms with Crippen molar-refractivity contribution in [2.24, 2.45) is 0 Å². The van der Waals surface area contributed by atoms with Crippen molar-refractivity contribution in [1.82, 2.24) is 0 Å². The fourth-order valence-electron chi connectivity index (χ4n) is 2.93. The van der Waals surface area contributed by atoms with Gasteiger partial charge >= 0.3 is 5.97 Å². The van der Waals surface area contributed by atoms with Crippen LogP contribution < -0.4 is 4.90 Å². The molecule has 27 heavy (non-hydrogen) atoms. The van der Waals surface area contributed by atoms with Crippen LogP contribution in [0, 0.1) is 0 Å². The van der Waals surface area contributed by atoms with Crippen molar-refractivity contribution in [2.75, 3.05) is 25.1 Å². The predicted octanol–water partition coefficient (Wildman–Crippen LogP) is 3.87. The molecule has 138 valence electrons. The van der Waals surface area contributed by atoms with Gasteiger partial charge in [-0.3, -0.25) is 9.59 Å². The average Bonchev–Trinajstić information content (AvgIpc) is 2.69. The van der Waals surface area contributed by atoms with Gasteiger partial charge in [0.05, 0.1) is 17.2 Å². The van der Waals surface area contributed by atoms with E-state index in [1.54, 1.807) is 67.4 Å². The maximum Gasteiger partial charge on any atom is 0.338 e. The van der Waals surface area contributed by atoms with Gasteiger partial charge in [-0.1, -0.05) is 35.9 Å². The molecule has 5 nitrogen and oxygen atoms in total. The number of carbonyl (C=O) groups is 3. The van der Waals surface area contributed by atoms with Gasteiger partial charge in [-0.2, -0.15) is 0 Å². The zero-order valence-electron chi connectivity index (χ0n) is 15.0. The number of ketones is 2. The molecule has 2 aromatic rings. The van der Waals surface area contributed by atoms with E-state index < -0.39 is 0 Å². The van der Waals surface area contributed by atoms with Gasteiger partial charge in [0.2, 0.25) is 5.78 Å². The molecule has 0 saturated heterocycles. The van der Waals surface area contributed by atoms with Crippen LogP contribution in [0.2, 0.25) is 0 Å². The molecule has 0 aromatic heterocycles. The molecule has 0 bridgehead atoms. The minimum absolute atomic E-state index is 0.0475. The first-order valence-electron chi connectivity index (χ1n) is 8.49. The van der Waals surface area contributed by atoms with Crippen LogP contribution in [0.15, 0.2) is 59.1 Å². The molecule has 2 aromatic carbocycles. The summed E-state index contributed by atoms with van der Waals surface area (Å²) in [5.74, 6) is -0.972. The zero-order valence-corrected chi connectivity index (χ0v) is 15.7. The first-order chi connectivity index (χ1) is 12.9. The van der Waals surface area contributed by atoms with E-state index in [1.165, 1.54) is 0 Å². The maximum absolute atomic E-state index is 12.8. The summed E-state index contributed by atoms with van der Waals surface area (Å²) in [4.78, 5) is 38.8. The number of allylic oxidation sites excluding steroid dienone is 1. The molecule has 0 saturated carbocycles. The lowest BCUT2D eigenvalue weighted by molar-refractivity contribution is 0.0526. The highest BCUT2D eigenvalue weighted by Crippen LogP contribution is 2.29. The number of nitrogens with zero attached hydrogens (tertiary/aromatic N) is 1. The van der Waals surface area contributed by atoms with Crippen LogP contribution in [0.5, 0.6) is 0 Å². The molecule has 0 fully saturated rings. The van der Waals surface area contributed by atoms with Gasteiger partial charge in [-0.05, 0) is 31.2 Å². The van der Waals surface area contributed by atoms with Crippen molar-refractivity contribution >= 4 is 34.8 Å². The van der Waals surface area contributed by atoms with E-state index in [4.69, 9.17) is 16.3 Å². The molecular formula is C21H18ClNO4. The number of carbonyl (C=O) groups excluding carboxylic acids is 3. The van der Waals surface area contributed by atoms with Crippen LogP contribution >= 0.6 is 11.6 Å². The smallest absolute Gasteiger partial charge is 0.338 e. The molecule has 0 spiro atoms. The predicted molar refractivity (Wildman–Crippen MR) is 104 cm³/mol. The third kappa shape index (κ3) is 3.64. The van der Waals surface area contributed by atoms with Gasteiger partial charge in [0, 0.05) is 36.0 Å². The van der Waals surface area contributed by atoms with Crippen molar-refractivity contribution in [3.05, 3.63) is 75.8 Å². The molecule has 6 heteroatoms. The summed E-state index contributed by atoms with van der Waals surface area (Å²) in [6.07, 6.45) is 0. The number of likely N-dealkylation sites (N-methyl/N-ethyl adjacent to an activating group) is 1. The number of rotatable bonds is 5. The number of hydrogen-bond donors (Lipinski definition) is 0. The van der Waals surface area contributed by atoms with Crippen LogP contribution in [0.4, 0.5) is 5.69 Å². The number of halogens is 1. The highest BCUT2D eigenvalue weighted by atomic mass is 35.5. The number of hydrogen-bond acceptors (Lipinski definition) is 5. The Kier molecular flexibility index (Phi) is 5.42. The van der Waals surface area contributed by atoms with Crippen molar-refractivity contribution in [1.29, 1.82) is 0 Å². The van der Waals surface area contributed by atoms with E-state index in [0.29, 0.717) is 23.3 Å². The van der Waals surface area contributed by atoms with Crippen LogP contribution in [-0.2, 0) is 4.74 Å². The van der Waals surface area contributed by atoms with Crippen molar-refractivity contribution < 1.29 is 19.1 Å². The van der Waals surface area contributed by atoms with Gasteiger partial charge in [-0.15, -0.1) is 0 Å². The summed E-state index contributed by atoms with van der Waals surface area (Å²) >= 11 is 6.21. The molecule has 0 radical (unpaired) electrons. The molecular weight excluding hydrogens is 366 g/mol. The average molecular weight is 384 g/mol. The SMILES string of the molecule is CCOC(=O)c1ccc(N(C)CC2=C(Cl)C(=O)c3ccccc3C2=O)cc1. The Morgan fingerprint density at radius 3 is 2.19 bits per heavy atom. The number of anilines is 1. The van der Waals surface area contributed by atoms with Crippen molar-refractivity contribution in [3.8, 4) is 0 Å². The normalized spacial score (nSPS) is 13.4. The van der Waals surface area contributed by atoms with Crippen LogP contribution in [-0.4, -0.2) is 37.7 Å². The first kappa shape index (κ1) is 18.9. The number of ether oxygens (including phenoxy) is 1. The van der Waals surface area contributed by atoms with Gasteiger partial charge in [-0.25, -0.2) is 4.79 Å². The van der Waals surface area contributed by atoms with Crippen LogP contribution in [0.1, 0.15) is 38.0 Å². The van der Waals surface area contributed by atoms with Gasteiger partial charge in [0.1, 0.15) is 0 Å². The second-order valence-electron chi connectivity index (χ2n) is 6.12. The van der Waals surface area contributed by atoms with Crippen LogP contribution in [0.3, 0.4) is 0 Å². The van der Waals surface area contributed by atoms with E-state index in [2.05, 4.69) is 0 Å². The fourth-order valence-corrected chi connectivity index (χ4v) is 3.18. The number of fused-ring (bicyclic) bond motifs is 1. The molecule has 1 aliphatic carbocycles. The number of Topliss-reactive ketones (excluding diaryl/α,β-unsaturated/α-hetero) is 2. The van der Waals surface area contributed by atoms with Crippen molar-refractivity contribution in [3.63, 3.8) is 0 Å². The Balaban J connectivity index is 1.82. The Morgan fingerprint density at radius 2 is 1.59 bits per heavy atom. The maximum atomic E-state index is 12.8. The summed E-state index contributed by atoms with van der Waals surface area (Å²) in [6.45, 7) is 2.24. The Hall–Kier alpha value is -2.92. The molecule has 0 atom stereocenters. The van der Waals surface area contributed by atoms with E-state index in [9.17, 15) is 14.4 Å². The van der Waals surface area contributed by atoms with E-state index >= 15 is 0 Å². The third-order valence-electron chi connectivity index (χ3n) is 4.37. The highest BCUT2D eigenvalue weighted by molar-refractivity contribution is 6.50. The minimum Gasteiger partial charge on any atom is -0.462 e. The molecule has 0 heterocycles. The first-order valence-corrected chi connectivity index (χ1v) is 8.87. The molecule has 0 N–H and O–H groups in total. The highest BCUT2D eigenvalue weighted by Gasteiger charge is 2.31. The number of esters is 1. The van der Waals surface area contributed by atoms with Gasteiger partial charge < -0.3 is 9.64 Å². The molecule has 0 aliphatic heterocycles. The van der Waals surface area contributed by atoms with E-state index in [0.717, 1.165) is 5.69 Å². The quantitative estimate of drug-likeness (QED) is 0.733.